The Morgan fingerprint density at radius 1 is 1.00 bits per heavy atom. The summed E-state index contributed by atoms with van der Waals surface area (Å²) < 4.78 is 11.1. The highest BCUT2D eigenvalue weighted by atomic mass is 16.5. The van der Waals surface area contributed by atoms with Crippen molar-refractivity contribution in [3.8, 4) is 0 Å². The van der Waals surface area contributed by atoms with Gasteiger partial charge in [-0.3, -0.25) is 9.59 Å². The summed E-state index contributed by atoms with van der Waals surface area (Å²) in [5.74, 6) is -0.257. The number of aldehydes is 1. The average molecular weight is 582 g/mol. The van der Waals surface area contributed by atoms with E-state index in [2.05, 4.69) is 16.0 Å². The van der Waals surface area contributed by atoms with Gasteiger partial charge in [0.05, 0.1) is 31.7 Å². The molecule has 1 aliphatic heterocycles. The van der Waals surface area contributed by atoms with Crippen molar-refractivity contribution >= 4 is 35.5 Å². The first kappa shape index (κ1) is 32.7. The number of urea groups is 1. The lowest BCUT2D eigenvalue weighted by atomic mass is 10.0. The molecule has 1 heterocycles. The van der Waals surface area contributed by atoms with Gasteiger partial charge in [-0.25, -0.2) is 4.79 Å². The topological polar surface area (TPSA) is 152 Å². The van der Waals surface area contributed by atoms with Gasteiger partial charge in [0.2, 0.25) is 11.8 Å². The summed E-state index contributed by atoms with van der Waals surface area (Å²) in [5.41, 5.74) is 7.90. The molecular formula is C31H43N5O6. The van der Waals surface area contributed by atoms with Crippen LogP contribution in [-0.2, 0) is 36.8 Å². The SMILES string of the molecule is CC(C)(N)CCOC(C)(C)CC(=O)NCc1ccc(NC(=O)Nc2ccc(CC(=O)N3CCOCC3C=O)cc2)cc1. The van der Waals surface area contributed by atoms with E-state index < -0.39 is 17.7 Å². The first-order valence-electron chi connectivity index (χ1n) is 14.1. The number of carbonyl (C=O) groups excluding carboxylic acids is 4. The molecule has 1 fully saturated rings. The van der Waals surface area contributed by atoms with Crippen LogP contribution >= 0.6 is 0 Å². The number of rotatable bonds is 13. The maximum Gasteiger partial charge on any atom is 0.323 e. The predicted octanol–water partition coefficient (Wildman–Crippen LogP) is 3.23. The Bertz CT molecular complexity index is 1210. The van der Waals surface area contributed by atoms with Crippen molar-refractivity contribution in [2.75, 3.05) is 37.0 Å². The van der Waals surface area contributed by atoms with E-state index in [9.17, 15) is 19.2 Å². The first-order valence-corrected chi connectivity index (χ1v) is 14.1. The number of benzene rings is 2. The van der Waals surface area contributed by atoms with Crippen LogP contribution < -0.4 is 21.7 Å². The van der Waals surface area contributed by atoms with Crippen molar-refractivity contribution in [3.63, 3.8) is 0 Å². The zero-order valence-electron chi connectivity index (χ0n) is 24.9. The fraction of sp³-hybridized carbons (Fsp3) is 0.484. The average Bonchev–Trinajstić information content (AvgIpc) is 2.92. The number of ether oxygens (including phenoxy) is 2. The molecule has 0 bridgehead atoms. The predicted molar refractivity (Wildman–Crippen MR) is 161 cm³/mol. The van der Waals surface area contributed by atoms with Gasteiger partial charge in [0.15, 0.2) is 0 Å². The lowest BCUT2D eigenvalue weighted by Crippen LogP contribution is -2.50. The van der Waals surface area contributed by atoms with Crippen molar-refractivity contribution < 1.29 is 28.7 Å². The summed E-state index contributed by atoms with van der Waals surface area (Å²) >= 11 is 0. The minimum atomic E-state index is -0.599. The summed E-state index contributed by atoms with van der Waals surface area (Å²) in [6.45, 7) is 9.50. The molecule has 2 aromatic rings. The van der Waals surface area contributed by atoms with Crippen LogP contribution in [0.2, 0.25) is 0 Å². The molecular weight excluding hydrogens is 538 g/mol. The monoisotopic (exact) mass is 581 g/mol. The van der Waals surface area contributed by atoms with E-state index in [-0.39, 0.29) is 36.8 Å². The van der Waals surface area contributed by atoms with Gasteiger partial charge in [0.1, 0.15) is 12.3 Å². The lowest BCUT2D eigenvalue weighted by molar-refractivity contribution is -0.142. The van der Waals surface area contributed by atoms with Gasteiger partial charge in [0, 0.05) is 36.6 Å². The van der Waals surface area contributed by atoms with Crippen LogP contribution in [0.4, 0.5) is 16.2 Å². The molecule has 42 heavy (non-hydrogen) atoms. The highest BCUT2D eigenvalue weighted by molar-refractivity contribution is 5.99. The Kier molecular flexibility index (Phi) is 11.6. The van der Waals surface area contributed by atoms with E-state index in [0.29, 0.717) is 44.1 Å². The highest BCUT2D eigenvalue weighted by Gasteiger charge is 2.27. The van der Waals surface area contributed by atoms with Crippen molar-refractivity contribution in [2.24, 2.45) is 5.73 Å². The minimum absolute atomic E-state index is 0.116. The van der Waals surface area contributed by atoms with Gasteiger partial charge < -0.3 is 40.9 Å². The maximum absolute atomic E-state index is 12.6. The van der Waals surface area contributed by atoms with Crippen molar-refractivity contribution in [1.82, 2.24) is 10.2 Å². The van der Waals surface area contributed by atoms with Crippen LogP contribution in [0.3, 0.4) is 0 Å². The molecule has 5 N–H and O–H groups in total. The second-order valence-electron chi connectivity index (χ2n) is 11.8. The summed E-state index contributed by atoms with van der Waals surface area (Å²) in [5, 5.41) is 8.45. The van der Waals surface area contributed by atoms with Crippen LogP contribution in [0, 0.1) is 0 Å². The molecule has 0 aromatic heterocycles. The van der Waals surface area contributed by atoms with Crippen LogP contribution in [0.1, 0.15) is 51.7 Å². The van der Waals surface area contributed by atoms with Gasteiger partial charge in [-0.1, -0.05) is 24.3 Å². The first-order chi connectivity index (χ1) is 19.8. The molecule has 1 unspecified atom stereocenters. The van der Waals surface area contributed by atoms with E-state index in [1.54, 1.807) is 36.4 Å². The Labute approximate surface area is 247 Å². The number of anilines is 2. The number of amides is 4. The molecule has 4 amide bonds. The van der Waals surface area contributed by atoms with Crippen molar-refractivity contribution in [1.29, 1.82) is 0 Å². The van der Waals surface area contributed by atoms with Gasteiger partial charge in [-0.2, -0.15) is 0 Å². The highest BCUT2D eigenvalue weighted by Crippen LogP contribution is 2.18. The van der Waals surface area contributed by atoms with E-state index in [1.165, 1.54) is 4.90 Å². The molecule has 0 radical (unpaired) electrons. The Morgan fingerprint density at radius 3 is 2.17 bits per heavy atom. The molecule has 1 atom stereocenters. The fourth-order valence-corrected chi connectivity index (χ4v) is 4.32. The number of nitrogens with one attached hydrogen (secondary N) is 3. The largest absolute Gasteiger partial charge is 0.377 e. The third kappa shape index (κ3) is 11.2. The molecule has 1 aliphatic rings. The quantitative estimate of drug-likeness (QED) is 0.265. The number of nitrogens with two attached hydrogens (primary N) is 1. The fourth-order valence-electron chi connectivity index (χ4n) is 4.32. The summed E-state index contributed by atoms with van der Waals surface area (Å²) in [4.78, 5) is 50.3. The second-order valence-corrected chi connectivity index (χ2v) is 11.8. The molecule has 0 saturated carbocycles. The Hall–Kier alpha value is -3.80. The molecule has 11 heteroatoms. The molecule has 228 valence electrons. The van der Waals surface area contributed by atoms with E-state index >= 15 is 0 Å². The number of hydrogen-bond donors (Lipinski definition) is 4. The van der Waals surface area contributed by atoms with Crippen LogP contribution in [0.15, 0.2) is 48.5 Å². The lowest BCUT2D eigenvalue weighted by Gasteiger charge is -2.32. The smallest absolute Gasteiger partial charge is 0.323 e. The summed E-state index contributed by atoms with van der Waals surface area (Å²) in [6.07, 6.45) is 1.82. The number of carbonyl (C=O) groups is 4. The van der Waals surface area contributed by atoms with Crippen LogP contribution in [0.25, 0.3) is 0 Å². The van der Waals surface area contributed by atoms with E-state index in [0.717, 1.165) is 17.4 Å². The second kappa shape index (κ2) is 14.9. The molecule has 2 aromatic carbocycles. The number of morpholine rings is 1. The third-order valence-electron chi connectivity index (χ3n) is 6.74. The van der Waals surface area contributed by atoms with Gasteiger partial charge in [-0.05, 0) is 69.5 Å². The molecule has 0 aliphatic carbocycles. The summed E-state index contributed by atoms with van der Waals surface area (Å²) in [6, 6.07) is 13.2. The van der Waals surface area contributed by atoms with E-state index in [4.69, 9.17) is 15.2 Å². The zero-order chi connectivity index (χ0) is 30.8. The minimum Gasteiger partial charge on any atom is -0.377 e. The molecule has 1 saturated heterocycles. The molecule has 11 nitrogen and oxygen atoms in total. The van der Waals surface area contributed by atoms with Crippen LogP contribution in [0.5, 0.6) is 0 Å². The van der Waals surface area contributed by atoms with Crippen LogP contribution in [-0.4, -0.2) is 72.6 Å². The van der Waals surface area contributed by atoms with Crippen molar-refractivity contribution in [2.45, 2.75) is 70.7 Å². The Morgan fingerprint density at radius 2 is 1.60 bits per heavy atom. The molecule has 3 rings (SSSR count). The van der Waals surface area contributed by atoms with E-state index in [1.807, 2.05) is 39.8 Å². The van der Waals surface area contributed by atoms with Gasteiger partial charge in [0.25, 0.3) is 0 Å². The summed E-state index contributed by atoms with van der Waals surface area (Å²) in [7, 11) is 0. The number of nitrogens with zero attached hydrogens (tertiary/aromatic N) is 1. The van der Waals surface area contributed by atoms with Gasteiger partial charge in [-0.15, -0.1) is 0 Å². The third-order valence-corrected chi connectivity index (χ3v) is 6.74. The number of hydrogen-bond acceptors (Lipinski definition) is 7. The maximum atomic E-state index is 12.6. The Balaban J connectivity index is 1.40. The van der Waals surface area contributed by atoms with Gasteiger partial charge >= 0.3 is 6.03 Å². The normalized spacial score (nSPS) is 15.5. The van der Waals surface area contributed by atoms with Crippen molar-refractivity contribution in [3.05, 3.63) is 59.7 Å². The standard InChI is InChI=1S/C31H43N5O6/c1-30(2,32)13-15-42-31(3,4)18-27(38)33-19-23-7-11-25(12-8-23)35-29(40)34-24-9-5-22(6-10-24)17-28(39)36-14-16-41-21-26(36)20-37/h5-12,20,26H,13-19,21,32H2,1-4H3,(H,33,38)(H2,34,35,40). The molecule has 0 spiro atoms. The zero-order valence-corrected chi connectivity index (χ0v) is 24.9.